The molecule has 0 aliphatic heterocycles. The zero-order valence-corrected chi connectivity index (χ0v) is 7.20. The second kappa shape index (κ2) is 4.20. The summed E-state index contributed by atoms with van der Waals surface area (Å²) in [5, 5.41) is 8.94. The lowest BCUT2D eigenvalue weighted by atomic mass is 10.0. The minimum atomic E-state index is -0.485. The van der Waals surface area contributed by atoms with E-state index in [-0.39, 0.29) is 5.75 Å². The molecule has 3 nitrogen and oxygen atoms in total. The molecule has 4 heteroatoms. The minimum absolute atomic E-state index is 0.0961. The molecular formula is C9H13FN2O. The molecule has 13 heavy (non-hydrogen) atoms. The van der Waals surface area contributed by atoms with Crippen LogP contribution in [0.2, 0.25) is 0 Å². The molecule has 0 saturated carbocycles. The molecule has 0 radical (unpaired) electrons. The van der Waals surface area contributed by atoms with Crippen LogP contribution in [0.1, 0.15) is 18.0 Å². The normalized spacial score (nSPS) is 12.8. The average Bonchev–Trinajstić information content (AvgIpc) is 2.04. The molecule has 0 spiro atoms. The molecule has 0 saturated heterocycles. The molecule has 1 atom stereocenters. The van der Waals surface area contributed by atoms with E-state index in [1.807, 2.05) is 0 Å². The van der Waals surface area contributed by atoms with Crippen LogP contribution in [0.25, 0.3) is 0 Å². The van der Waals surface area contributed by atoms with Gasteiger partial charge in [0.05, 0.1) is 0 Å². The highest BCUT2D eigenvalue weighted by atomic mass is 19.1. The van der Waals surface area contributed by atoms with Crippen LogP contribution in [0, 0.1) is 5.82 Å². The van der Waals surface area contributed by atoms with Gasteiger partial charge in [0.1, 0.15) is 11.6 Å². The van der Waals surface area contributed by atoms with Crippen LogP contribution in [0.3, 0.4) is 0 Å². The van der Waals surface area contributed by atoms with Crippen molar-refractivity contribution in [2.45, 2.75) is 12.5 Å². The Hall–Kier alpha value is -1.13. The first-order valence-electron chi connectivity index (χ1n) is 4.09. The summed E-state index contributed by atoms with van der Waals surface area (Å²) in [6.07, 6.45) is 0.529. The monoisotopic (exact) mass is 184 g/mol. The highest BCUT2D eigenvalue weighted by Crippen LogP contribution is 2.21. The number of phenols is 1. The van der Waals surface area contributed by atoms with Crippen LogP contribution in [0.4, 0.5) is 4.39 Å². The van der Waals surface area contributed by atoms with Crippen LogP contribution in [0.15, 0.2) is 18.2 Å². The summed E-state index contributed by atoms with van der Waals surface area (Å²) in [4.78, 5) is 0. The first-order chi connectivity index (χ1) is 6.15. The Balaban J connectivity index is 2.88. The van der Waals surface area contributed by atoms with Crippen molar-refractivity contribution in [3.8, 4) is 5.75 Å². The van der Waals surface area contributed by atoms with Crippen LogP contribution in [-0.4, -0.2) is 11.7 Å². The van der Waals surface area contributed by atoms with Gasteiger partial charge in [-0.15, -0.1) is 0 Å². The quantitative estimate of drug-likeness (QED) is 0.653. The topological polar surface area (TPSA) is 72.3 Å². The number of nitrogens with two attached hydrogens (primary N) is 2. The van der Waals surface area contributed by atoms with E-state index in [0.29, 0.717) is 18.5 Å². The van der Waals surface area contributed by atoms with Crippen molar-refractivity contribution in [2.75, 3.05) is 6.54 Å². The number of rotatable bonds is 3. The van der Waals surface area contributed by atoms with E-state index < -0.39 is 11.9 Å². The number of hydrogen-bond acceptors (Lipinski definition) is 3. The Morgan fingerprint density at radius 1 is 1.46 bits per heavy atom. The van der Waals surface area contributed by atoms with E-state index in [2.05, 4.69) is 0 Å². The van der Waals surface area contributed by atoms with Crippen LogP contribution in [-0.2, 0) is 0 Å². The average molecular weight is 184 g/mol. The SMILES string of the molecule is NCC[C@H](N)c1ccc(O)cc1F. The number of benzene rings is 1. The van der Waals surface area contributed by atoms with Crippen molar-refractivity contribution in [1.29, 1.82) is 0 Å². The van der Waals surface area contributed by atoms with E-state index in [0.717, 1.165) is 6.07 Å². The standard InChI is InChI=1S/C9H13FN2O/c10-8-5-6(13)1-2-7(8)9(12)3-4-11/h1-2,5,9,13H,3-4,11-12H2/t9-/m0/s1. The van der Waals surface area contributed by atoms with Crippen LogP contribution in [0.5, 0.6) is 5.75 Å². The van der Waals surface area contributed by atoms with Crippen molar-refractivity contribution in [1.82, 2.24) is 0 Å². The third kappa shape index (κ3) is 2.40. The summed E-state index contributed by atoms with van der Waals surface area (Å²) in [6, 6.07) is 3.54. The van der Waals surface area contributed by atoms with Gasteiger partial charge in [-0.3, -0.25) is 0 Å². The molecule has 0 unspecified atom stereocenters. The zero-order valence-electron chi connectivity index (χ0n) is 7.20. The first-order valence-corrected chi connectivity index (χ1v) is 4.09. The molecule has 0 bridgehead atoms. The Kier molecular flexibility index (Phi) is 3.22. The molecule has 0 aliphatic carbocycles. The van der Waals surface area contributed by atoms with Crippen molar-refractivity contribution >= 4 is 0 Å². The fourth-order valence-corrected chi connectivity index (χ4v) is 1.15. The van der Waals surface area contributed by atoms with Gasteiger partial charge >= 0.3 is 0 Å². The predicted octanol–water partition coefficient (Wildman–Crippen LogP) is 0.880. The fourth-order valence-electron chi connectivity index (χ4n) is 1.15. The maximum atomic E-state index is 13.1. The number of aromatic hydroxyl groups is 1. The lowest BCUT2D eigenvalue weighted by molar-refractivity contribution is 0.465. The van der Waals surface area contributed by atoms with E-state index in [9.17, 15) is 4.39 Å². The van der Waals surface area contributed by atoms with Gasteiger partial charge in [-0.1, -0.05) is 6.07 Å². The summed E-state index contributed by atoms with van der Waals surface area (Å²) in [7, 11) is 0. The number of halogens is 1. The Labute approximate surface area is 76.2 Å². The second-order valence-electron chi connectivity index (χ2n) is 2.89. The van der Waals surface area contributed by atoms with Gasteiger partial charge in [0, 0.05) is 17.7 Å². The largest absolute Gasteiger partial charge is 0.508 e. The highest BCUT2D eigenvalue weighted by molar-refractivity contribution is 5.29. The maximum absolute atomic E-state index is 13.1. The van der Waals surface area contributed by atoms with Gasteiger partial charge in [-0.2, -0.15) is 0 Å². The van der Waals surface area contributed by atoms with Gasteiger partial charge < -0.3 is 16.6 Å². The van der Waals surface area contributed by atoms with E-state index in [1.165, 1.54) is 12.1 Å². The minimum Gasteiger partial charge on any atom is -0.508 e. The van der Waals surface area contributed by atoms with E-state index in [4.69, 9.17) is 16.6 Å². The third-order valence-electron chi connectivity index (χ3n) is 1.86. The van der Waals surface area contributed by atoms with Crippen LogP contribution < -0.4 is 11.5 Å². The van der Waals surface area contributed by atoms with Gasteiger partial charge in [0.15, 0.2) is 0 Å². The van der Waals surface area contributed by atoms with Gasteiger partial charge in [-0.25, -0.2) is 4.39 Å². The van der Waals surface area contributed by atoms with Crippen LogP contribution >= 0.6 is 0 Å². The smallest absolute Gasteiger partial charge is 0.131 e. The van der Waals surface area contributed by atoms with Gasteiger partial charge in [0.25, 0.3) is 0 Å². The molecule has 0 aliphatic rings. The third-order valence-corrected chi connectivity index (χ3v) is 1.86. The van der Waals surface area contributed by atoms with Crippen molar-refractivity contribution < 1.29 is 9.50 Å². The molecule has 0 heterocycles. The van der Waals surface area contributed by atoms with Crippen molar-refractivity contribution in [2.24, 2.45) is 11.5 Å². The number of phenolic OH excluding ortho intramolecular Hbond substituents is 1. The lowest BCUT2D eigenvalue weighted by Gasteiger charge is -2.11. The molecule has 1 aromatic rings. The summed E-state index contributed by atoms with van der Waals surface area (Å²) < 4.78 is 13.1. The molecular weight excluding hydrogens is 171 g/mol. The molecule has 72 valence electrons. The van der Waals surface area contributed by atoms with Crippen molar-refractivity contribution in [3.63, 3.8) is 0 Å². The van der Waals surface area contributed by atoms with Crippen molar-refractivity contribution in [3.05, 3.63) is 29.6 Å². The lowest BCUT2D eigenvalue weighted by Crippen LogP contribution is -2.16. The Morgan fingerprint density at radius 2 is 2.15 bits per heavy atom. The summed E-state index contributed by atoms with van der Waals surface area (Å²) in [5.74, 6) is -0.581. The second-order valence-corrected chi connectivity index (χ2v) is 2.89. The number of hydrogen-bond donors (Lipinski definition) is 3. The van der Waals surface area contributed by atoms with Gasteiger partial charge in [0.2, 0.25) is 0 Å². The fraction of sp³-hybridized carbons (Fsp3) is 0.333. The Morgan fingerprint density at radius 3 is 2.69 bits per heavy atom. The Bertz CT molecular complexity index is 291. The summed E-state index contributed by atoms with van der Waals surface area (Å²) >= 11 is 0. The predicted molar refractivity (Wildman–Crippen MR) is 48.7 cm³/mol. The molecule has 0 aromatic heterocycles. The summed E-state index contributed by atoms with van der Waals surface area (Å²) in [5.41, 5.74) is 11.3. The molecule has 1 aromatic carbocycles. The molecule has 1 rings (SSSR count). The maximum Gasteiger partial charge on any atom is 0.131 e. The molecule has 0 fully saturated rings. The van der Waals surface area contributed by atoms with Gasteiger partial charge in [-0.05, 0) is 19.0 Å². The summed E-state index contributed by atoms with van der Waals surface area (Å²) in [6.45, 7) is 0.418. The molecule has 5 N–H and O–H groups in total. The zero-order chi connectivity index (χ0) is 9.84. The first kappa shape index (κ1) is 9.95. The van der Waals surface area contributed by atoms with E-state index >= 15 is 0 Å². The highest BCUT2D eigenvalue weighted by Gasteiger charge is 2.10. The van der Waals surface area contributed by atoms with E-state index in [1.54, 1.807) is 0 Å². The molecule has 0 amide bonds.